The van der Waals surface area contributed by atoms with E-state index < -0.39 is 5.79 Å². The van der Waals surface area contributed by atoms with Crippen molar-refractivity contribution in [3.8, 4) is 0 Å². The molecule has 0 aromatic carbocycles. The van der Waals surface area contributed by atoms with E-state index in [0.717, 1.165) is 25.7 Å². The standard InChI is InChI=1S/C9H18FN/c1-9(10,11)8-6-4-2-3-5-7-8/h8H,2-7,11H2,1H3. The lowest BCUT2D eigenvalue weighted by atomic mass is 9.92. The zero-order valence-corrected chi connectivity index (χ0v) is 7.28. The van der Waals surface area contributed by atoms with Gasteiger partial charge in [-0.2, -0.15) is 0 Å². The van der Waals surface area contributed by atoms with Crippen LogP contribution < -0.4 is 5.73 Å². The SMILES string of the molecule is CC(N)(F)C1CCCCCC1. The average molecular weight is 159 g/mol. The van der Waals surface area contributed by atoms with Gasteiger partial charge in [-0.25, -0.2) is 4.39 Å². The van der Waals surface area contributed by atoms with Gasteiger partial charge in [-0.1, -0.05) is 25.7 Å². The zero-order valence-electron chi connectivity index (χ0n) is 7.28. The highest BCUT2D eigenvalue weighted by atomic mass is 19.1. The van der Waals surface area contributed by atoms with E-state index >= 15 is 0 Å². The van der Waals surface area contributed by atoms with Crippen LogP contribution in [-0.4, -0.2) is 5.79 Å². The number of hydrogen-bond acceptors (Lipinski definition) is 1. The minimum absolute atomic E-state index is 0.102. The van der Waals surface area contributed by atoms with Crippen LogP contribution in [0.1, 0.15) is 45.4 Å². The maximum absolute atomic E-state index is 13.2. The van der Waals surface area contributed by atoms with Gasteiger partial charge in [0.15, 0.2) is 5.79 Å². The van der Waals surface area contributed by atoms with Crippen molar-refractivity contribution in [1.29, 1.82) is 0 Å². The van der Waals surface area contributed by atoms with E-state index in [1.54, 1.807) is 0 Å². The van der Waals surface area contributed by atoms with Gasteiger partial charge in [0.25, 0.3) is 0 Å². The van der Waals surface area contributed by atoms with Crippen LogP contribution in [0.15, 0.2) is 0 Å². The third-order valence-corrected chi connectivity index (χ3v) is 2.65. The molecule has 0 aromatic heterocycles. The van der Waals surface area contributed by atoms with E-state index in [0.29, 0.717) is 0 Å². The molecule has 1 fully saturated rings. The minimum atomic E-state index is -1.44. The van der Waals surface area contributed by atoms with Gasteiger partial charge in [0.1, 0.15) is 0 Å². The van der Waals surface area contributed by atoms with Crippen LogP contribution in [0.5, 0.6) is 0 Å². The van der Waals surface area contributed by atoms with Gasteiger partial charge in [-0.3, -0.25) is 5.73 Å². The summed E-state index contributed by atoms with van der Waals surface area (Å²) < 4.78 is 13.2. The Morgan fingerprint density at radius 3 is 2.00 bits per heavy atom. The lowest BCUT2D eigenvalue weighted by Gasteiger charge is -2.25. The lowest BCUT2D eigenvalue weighted by Crippen LogP contribution is -2.39. The molecule has 2 N–H and O–H groups in total. The molecular formula is C9H18FN. The Hall–Kier alpha value is -0.110. The van der Waals surface area contributed by atoms with Gasteiger partial charge in [0.05, 0.1) is 0 Å². The first kappa shape index (κ1) is 8.98. The Bertz CT molecular complexity index is 109. The molecule has 0 aliphatic heterocycles. The molecule has 1 saturated carbocycles. The molecule has 1 nitrogen and oxygen atoms in total. The van der Waals surface area contributed by atoms with E-state index in [1.165, 1.54) is 19.8 Å². The molecule has 0 aromatic rings. The van der Waals surface area contributed by atoms with E-state index in [2.05, 4.69) is 0 Å². The monoisotopic (exact) mass is 159 g/mol. The van der Waals surface area contributed by atoms with Gasteiger partial charge in [-0.05, 0) is 19.8 Å². The van der Waals surface area contributed by atoms with Crippen molar-refractivity contribution in [2.24, 2.45) is 11.7 Å². The molecule has 1 unspecified atom stereocenters. The molecule has 66 valence electrons. The molecule has 11 heavy (non-hydrogen) atoms. The molecule has 0 spiro atoms. The first-order chi connectivity index (χ1) is 5.11. The summed E-state index contributed by atoms with van der Waals surface area (Å²) in [6.07, 6.45) is 6.77. The minimum Gasteiger partial charge on any atom is -0.299 e. The maximum atomic E-state index is 13.2. The summed E-state index contributed by atoms with van der Waals surface area (Å²) in [4.78, 5) is 0. The van der Waals surface area contributed by atoms with Crippen molar-refractivity contribution in [3.05, 3.63) is 0 Å². The summed E-state index contributed by atoms with van der Waals surface area (Å²) in [7, 11) is 0. The van der Waals surface area contributed by atoms with Crippen molar-refractivity contribution in [2.45, 2.75) is 51.2 Å². The molecule has 0 heterocycles. The van der Waals surface area contributed by atoms with Crippen LogP contribution in [-0.2, 0) is 0 Å². The van der Waals surface area contributed by atoms with Gasteiger partial charge < -0.3 is 0 Å². The number of halogens is 1. The molecular weight excluding hydrogens is 141 g/mol. The topological polar surface area (TPSA) is 26.0 Å². The Labute approximate surface area is 68.2 Å². The Morgan fingerprint density at radius 2 is 1.64 bits per heavy atom. The van der Waals surface area contributed by atoms with Crippen LogP contribution in [0.2, 0.25) is 0 Å². The summed E-state index contributed by atoms with van der Waals surface area (Å²) in [5, 5.41) is 0. The van der Waals surface area contributed by atoms with Gasteiger partial charge in [-0.15, -0.1) is 0 Å². The van der Waals surface area contributed by atoms with Gasteiger partial charge in [0.2, 0.25) is 0 Å². The molecule has 0 bridgehead atoms. The smallest absolute Gasteiger partial charge is 0.159 e. The van der Waals surface area contributed by atoms with Crippen molar-refractivity contribution in [2.75, 3.05) is 0 Å². The van der Waals surface area contributed by atoms with Gasteiger partial charge >= 0.3 is 0 Å². The summed E-state index contributed by atoms with van der Waals surface area (Å²) in [5.41, 5.74) is 5.41. The number of alkyl halides is 1. The summed E-state index contributed by atoms with van der Waals surface area (Å²) >= 11 is 0. The molecule has 2 heteroatoms. The van der Waals surface area contributed by atoms with Crippen LogP contribution in [0.25, 0.3) is 0 Å². The average Bonchev–Trinajstić information content (AvgIpc) is 2.10. The second-order valence-electron chi connectivity index (χ2n) is 3.84. The highest BCUT2D eigenvalue weighted by Crippen LogP contribution is 2.30. The Morgan fingerprint density at radius 1 is 1.18 bits per heavy atom. The maximum Gasteiger partial charge on any atom is 0.159 e. The first-order valence-corrected chi connectivity index (χ1v) is 4.58. The van der Waals surface area contributed by atoms with Crippen molar-refractivity contribution in [3.63, 3.8) is 0 Å². The van der Waals surface area contributed by atoms with E-state index in [-0.39, 0.29) is 5.92 Å². The van der Waals surface area contributed by atoms with Crippen molar-refractivity contribution in [1.82, 2.24) is 0 Å². The molecule has 1 aliphatic carbocycles. The second-order valence-corrected chi connectivity index (χ2v) is 3.84. The molecule has 0 saturated heterocycles. The van der Waals surface area contributed by atoms with E-state index in [4.69, 9.17) is 5.73 Å². The largest absolute Gasteiger partial charge is 0.299 e. The quantitative estimate of drug-likeness (QED) is 0.462. The van der Waals surface area contributed by atoms with E-state index in [1.807, 2.05) is 0 Å². The zero-order chi connectivity index (χ0) is 8.32. The fourth-order valence-electron chi connectivity index (χ4n) is 1.84. The normalized spacial score (nSPS) is 27.5. The fourth-order valence-corrected chi connectivity index (χ4v) is 1.84. The van der Waals surface area contributed by atoms with Gasteiger partial charge in [0, 0.05) is 5.92 Å². The number of hydrogen-bond donors (Lipinski definition) is 1. The summed E-state index contributed by atoms with van der Waals surface area (Å²) in [6.45, 7) is 1.50. The summed E-state index contributed by atoms with van der Waals surface area (Å²) in [6, 6.07) is 0. The van der Waals surface area contributed by atoms with Crippen LogP contribution in [0.3, 0.4) is 0 Å². The molecule has 0 amide bonds. The Balaban J connectivity index is 2.43. The third-order valence-electron chi connectivity index (χ3n) is 2.65. The molecule has 1 rings (SSSR count). The van der Waals surface area contributed by atoms with Crippen LogP contribution in [0, 0.1) is 5.92 Å². The van der Waals surface area contributed by atoms with Crippen LogP contribution >= 0.6 is 0 Å². The van der Waals surface area contributed by atoms with Crippen molar-refractivity contribution < 1.29 is 4.39 Å². The number of nitrogens with two attached hydrogens (primary N) is 1. The third kappa shape index (κ3) is 2.78. The predicted molar refractivity (Wildman–Crippen MR) is 44.9 cm³/mol. The highest BCUT2D eigenvalue weighted by molar-refractivity contribution is 4.78. The Kier molecular flexibility index (Phi) is 2.88. The number of rotatable bonds is 1. The van der Waals surface area contributed by atoms with Crippen LogP contribution in [0.4, 0.5) is 4.39 Å². The highest BCUT2D eigenvalue weighted by Gasteiger charge is 2.29. The molecule has 1 aliphatic rings. The fraction of sp³-hybridized carbons (Fsp3) is 1.00. The lowest BCUT2D eigenvalue weighted by molar-refractivity contribution is 0.0980. The van der Waals surface area contributed by atoms with Crippen molar-refractivity contribution >= 4 is 0 Å². The first-order valence-electron chi connectivity index (χ1n) is 4.58. The second kappa shape index (κ2) is 3.53. The predicted octanol–water partition coefficient (Wildman–Crippen LogP) is 2.60. The molecule has 0 radical (unpaired) electrons. The summed E-state index contributed by atoms with van der Waals surface area (Å²) in [5.74, 6) is -1.34. The molecule has 1 atom stereocenters. The van der Waals surface area contributed by atoms with E-state index in [9.17, 15) is 4.39 Å².